The van der Waals surface area contributed by atoms with E-state index in [1.165, 1.54) is 9.87 Å². The number of aryl methyl sites for hydroxylation is 2. The second kappa shape index (κ2) is 8.85. The Morgan fingerprint density at radius 2 is 1.90 bits per heavy atom. The lowest BCUT2D eigenvalue weighted by Gasteiger charge is -2.31. The van der Waals surface area contributed by atoms with Crippen LogP contribution in [0.1, 0.15) is 30.9 Å². The van der Waals surface area contributed by atoms with Gasteiger partial charge in [-0.3, -0.25) is 4.79 Å². The maximum absolute atomic E-state index is 13.3. The molecule has 1 aliphatic rings. The Balaban J connectivity index is 1.45. The lowest BCUT2D eigenvalue weighted by atomic mass is 9.98. The van der Waals surface area contributed by atoms with Gasteiger partial charge in [0.05, 0.1) is 10.8 Å². The van der Waals surface area contributed by atoms with Gasteiger partial charge in [0, 0.05) is 43.3 Å². The lowest BCUT2D eigenvalue weighted by molar-refractivity contribution is -0.126. The van der Waals surface area contributed by atoms with E-state index in [-0.39, 0.29) is 23.3 Å². The molecule has 1 fully saturated rings. The molecule has 0 bridgehead atoms. The van der Waals surface area contributed by atoms with E-state index >= 15 is 0 Å². The van der Waals surface area contributed by atoms with E-state index in [0.29, 0.717) is 25.9 Å². The normalized spacial score (nSPS) is 17.7. The summed E-state index contributed by atoms with van der Waals surface area (Å²) in [5.41, 5.74) is 3.23. The number of carbonyl (C=O) groups excluding carboxylic acids is 1. The number of sulfonamides is 1. The first-order valence-electron chi connectivity index (χ1n) is 10.8. The molecule has 1 atom stereocenters. The Morgan fingerprint density at radius 1 is 1.13 bits per heavy atom. The third kappa shape index (κ3) is 4.52. The number of hydrogen-bond acceptors (Lipinski definition) is 3. The standard InChI is InChI=1S/C24H29N3O3S/c1-3-26-14-12-20-15-22(10-11-23(20)26)31(29,30)27-13-4-5-21(17-27)24(28)25-16-19-8-6-18(2)7-9-19/h6-12,14-15,21H,3-5,13,16-17H2,1-2H3,(H,25,28). The third-order valence-corrected chi connectivity index (χ3v) is 7.92. The highest BCUT2D eigenvalue weighted by Gasteiger charge is 2.33. The molecule has 1 unspecified atom stereocenters. The molecule has 1 aliphatic heterocycles. The maximum atomic E-state index is 13.3. The smallest absolute Gasteiger partial charge is 0.243 e. The number of carbonyl (C=O) groups is 1. The molecule has 164 valence electrons. The summed E-state index contributed by atoms with van der Waals surface area (Å²) in [5, 5.41) is 3.88. The van der Waals surface area contributed by atoms with Gasteiger partial charge in [0.1, 0.15) is 0 Å². The highest BCUT2D eigenvalue weighted by Crippen LogP contribution is 2.27. The van der Waals surface area contributed by atoms with Crippen LogP contribution in [-0.2, 0) is 27.9 Å². The number of piperidine rings is 1. The van der Waals surface area contributed by atoms with Gasteiger partial charge in [-0.1, -0.05) is 29.8 Å². The zero-order valence-corrected chi connectivity index (χ0v) is 18.9. The summed E-state index contributed by atoms with van der Waals surface area (Å²) in [5.74, 6) is -0.421. The topological polar surface area (TPSA) is 71.4 Å². The SMILES string of the molecule is CCn1ccc2cc(S(=O)(=O)N3CCCC(C(=O)NCc4ccc(C)cc4)C3)ccc21. The van der Waals surface area contributed by atoms with Crippen molar-refractivity contribution in [3.8, 4) is 0 Å². The number of fused-ring (bicyclic) bond motifs is 1. The number of rotatable bonds is 6. The minimum atomic E-state index is -3.65. The van der Waals surface area contributed by atoms with Crippen LogP contribution in [0.4, 0.5) is 0 Å². The fraction of sp³-hybridized carbons (Fsp3) is 0.375. The number of aromatic nitrogens is 1. The van der Waals surface area contributed by atoms with Crippen molar-refractivity contribution in [2.24, 2.45) is 5.92 Å². The molecule has 31 heavy (non-hydrogen) atoms. The van der Waals surface area contributed by atoms with Crippen molar-refractivity contribution in [1.82, 2.24) is 14.2 Å². The number of nitrogens with one attached hydrogen (secondary N) is 1. The van der Waals surface area contributed by atoms with Gasteiger partial charge in [0.25, 0.3) is 0 Å². The van der Waals surface area contributed by atoms with Crippen LogP contribution < -0.4 is 5.32 Å². The second-order valence-corrected chi connectivity index (χ2v) is 10.2. The third-order valence-electron chi connectivity index (χ3n) is 6.06. The Bertz CT molecular complexity index is 1180. The first-order chi connectivity index (χ1) is 14.9. The largest absolute Gasteiger partial charge is 0.352 e. The predicted molar refractivity (Wildman–Crippen MR) is 122 cm³/mol. The van der Waals surface area contributed by atoms with Crippen LogP contribution in [-0.4, -0.2) is 36.3 Å². The van der Waals surface area contributed by atoms with Gasteiger partial charge in [-0.2, -0.15) is 4.31 Å². The van der Waals surface area contributed by atoms with Gasteiger partial charge >= 0.3 is 0 Å². The van der Waals surface area contributed by atoms with Crippen LogP contribution in [0.3, 0.4) is 0 Å². The first-order valence-corrected chi connectivity index (χ1v) is 12.2. The highest BCUT2D eigenvalue weighted by atomic mass is 32.2. The first kappa shape index (κ1) is 21.6. The van der Waals surface area contributed by atoms with Crippen LogP contribution in [0.2, 0.25) is 0 Å². The van der Waals surface area contributed by atoms with Gasteiger partial charge in [0.2, 0.25) is 15.9 Å². The number of hydrogen-bond donors (Lipinski definition) is 1. The maximum Gasteiger partial charge on any atom is 0.243 e. The molecule has 1 aromatic heterocycles. The fourth-order valence-corrected chi connectivity index (χ4v) is 5.74. The van der Waals surface area contributed by atoms with Gasteiger partial charge in [-0.15, -0.1) is 0 Å². The Hall–Kier alpha value is -2.64. The summed E-state index contributed by atoms with van der Waals surface area (Å²) in [6, 6.07) is 15.2. The van der Waals surface area contributed by atoms with E-state index in [1.54, 1.807) is 12.1 Å². The van der Waals surface area contributed by atoms with Crippen molar-refractivity contribution < 1.29 is 13.2 Å². The monoisotopic (exact) mass is 439 g/mol. The minimum absolute atomic E-state index is 0.0871. The average Bonchev–Trinajstić information content (AvgIpc) is 3.21. The van der Waals surface area contributed by atoms with Gasteiger partial charge in [-0.25, -0.2) is 8.42 Å². The van der Waals surface area contributed by atoms with Crippen LogP contribution in [0, 0.1) is 12.8 Å². The zero-order chi connectivity index (χ0) is 22.0. The molecule has 1 saturated heterocycles. The average molecular weight is 440 g/mol. The molecule has 7 heteroatoms. The van der Waals surface area contributed by atoms with Crippen LogP contribution in [0.15, 0.2) is 59.6 Å². The van der Waals surface area contributed by atoms with Crippen molar-refractivity contribution in [2.45, 2.75) is 44.7 Å². The summed E-state index contributed by atoms with van der Waals surface area (Å²) in [6.07, 6.45) is 3.34. The van der Waals surface area contributed by atoms with E-state index in [1.807, 2.05) is 49.5 Å². The summed E-state index contributed by atoms with van der Waals surface area (Å²) in [6.45, 7) is 6.03. The predicted octanol–water partition coefficient (Wildman–Crippen LogP) is 3.69. The molecule has 2 heterocycles. The Kier molecular flexibility index (Phi) is 6.16. The van der Waals surface area contributed by atoms with Gasteiger partial charge in [0.15, 0.2) is 0 Å². The Labute approximate surface area is 183 Å². The van der Waals surface area contributed by atoms with Gasteiger partial charge in [-0.05, 0) is 56.5 Å². The number of benzene rings is 2. The summed E-state index contributed by atoms with van der Waals surface area (Å²) >= 11 is 0. The van der Waals surface area contributed by atoms with Crippen LogP contribution in [0.5, 0.6) is 0 Å². The quantitative estimate of drug-likeness (QED) is 0.637. The molecule has 6 nitrogen and oxygen atoms in total. The van der Waals surface area contributed by atoms with E-state index < -0.39 is 10.0 Å². The van der Waals surface area contributed by atoms with Crippen molar-refractivity contribution in [3.63, 3.8) is 0 Å². The van der Waals surface area contributed by atoms with E-state index in [0.717, 1.165) is 23.0 Å². The molecule has 0 saturated carbocycles. The molecule has 4 rings (SSSR count). The van der Waals surface area contributed by atoms with Crippen LogP contribution >= 0.6 is 0 Å². The number of nitrogens with zero attached hydrogens (tertiary/aromatic N) is 2. The second-order valence-electron chi connectivity index (χ2n) is 8.23. The number of amides is 1. The van der Waals surface area contributed by atoms with Crippen LogP contribution in [0.25, 0.3) is 10.9 Å². The van der Waals surface area contributed by atoms with Crippen molar-refractivity contribution >= 4 is 26.8 Å². The molecular weight excluding hydrogens is 410 g/mol. The molecule has 2 aromatic carbocycles. The van der Waals surface area contributed by atoms with Crippen molar-refractivity contribution in [3.05, 3.63) is 65.9 Å². The molecule has 1 N–H and O–H groups in total. The fourth-order valence-electron chi connectivity index (χ4n) is 4.18. The summed E-state index contributed by atoms with van der Waals surface area (Å²) < 4.78 is 30.1. The van der Waals surface area contributed by atoms with Crippen molar-refractivity contribution in [1.29, 1.82) is 0 Å². The highest BCUT2D eigenvalue weighted by molar-refractivity contribution is 7.89. The zero-order valence-electron chi connectivity index (χ0n) is 18.0. The van der Waals surface area contributed by atoms with E-state index in [4.69, 9.17) is 0 Å². The molecular formula is C24H29N3O3S. The molecule has 0 aliphatic carbocycles. The minimum Gasteiger partial charge on any atom is -0.352 e. The van der Waals surface area contributed by atoms with E-state index in [2.05, 4.69) is 16.8 Å². The summed E-state index contributed by atoms with van der Waals surface area (Å²) in [4.78, 5) is 13.0. The Morgan fingerprint density at radius 3 is 2.65 bits per heavy atom. The van der Waals surface area contributed by atoms with Crippen molar-refractivity contribution in [2.75, 3.05) is 13.1 Å². The summed E-state index contributed by atoms with van der Waals surface area (Å²) in [7, 11) is -3.65. The molecule has 3 aromatic rings. The van der Waals surface area contributed by atoms with Gasteiger partial charge < -0.3 is 9.88 Å². The molecule has 0 spiro atoms. The van der Waals surface area contributed by atoms with E-state index in [9.17, 15) is 13.2 Å². The lowest BCUT2D eigenvalue weighted by Crippen LogP contribution is -2.45. The molecule has 0 radical (unpaired) electrons. The molecule has 1 amide bonds.